The molecule has 0 N–H and O–H groups in total. The first-order valence-electron chi connectivity index (χ1n) is 28.0. The van der Waals surface area contributed by atoms with Crippen molar-refractivity contribution >= 4 is 80.0 Å². The van der Waals surface area contributed by atoms with E-state index in [9.17, 15) is 25.6 Å². The van der Waals surface area contributed by atoms with Gasteiger partial charge in [0, 0.05) is 64.5 Å². The maximum atomic E-state index is 14.5. The van der Waals surface area contributed by atoms with Crippen molar-refractivity contribution in [2.24, 2.45) is 0 Å². The van der Waals surface area contributed by atoms with Crippen molar-refractivity contribution < 1.29 is 63.5 Å². The fraction of sp³-hybridized carbons (Fsp3) is 0.367. The fourth-order valence-electron chi connectivity index (χ4n) is 9.29. The quantitative estimate of drug-likeness (QED) is 0.0414. The molecule has 8 rings (SSSR count). The zero-order valence-electron chi connectivity index (χ0n) is 52.5. The van der Waals surface area contributed by atoms with Crippen molar-refractivity contribution in [2.75, 3.05) is 90.1 Å². The number of methoxy groups -OCH3 is 8. The highest BCUT2D eigenvalue weighted by atomic mass is 79.9. The van der Waals surface area contributed by atoms with Crippen LogP contribution in [0.4, 0.5) is 20.7 Å². The molecule has 4 aromatic carbocycles. The minimum atomic E-state index is -4.17. The van der Waals surface area contributed by atoms with Crippen LogP contribution in [0.3, 0.4) is 0 Å². The maximum absolute atomic E-state index is 14.5. The van der Waals surface area contributed by atoms with E-state index < -0.39 is 71.5 Å². The van der Waals surface area contributed by atoms with Crippen LogP contribution in [-0.2, 0) is 29.5 Å². The number of rotatable bonds is 28. The van der Waals surface area contributed by atoms with Gasteiger partial charge in [-0.3, -0.25) is 9.13 Å². The fourth-order valence-corrected chi connectivity index (χ4v) is 15.8. The van der Waals surface area contributed by atoms with Gasteiger partial charge in [-0.15, -0.1) is 20.4 Å². The summed E-state index contributed by atoms with van der Waals surface area (Å²) in [5.41, 5.74) is 2.52. The molecule has 90 heavy (non-hydrogen) atoms. The second kappa shape index (κ2) is 30.4. The standard InChI is InChI=1S/2C30H37BrFN5O6SSi/c2*1-40-24-11-9-12-25(41-2)28(24)37-29(23-10-8-13-27(33-23)43-4)34-35-30(37)36(16-17-45(5,6)7)44(38,39)19-26(42-3)21-15-14-20(32)18-22(21)31/h2*8-15,18,26H,16-17,19H2,1-7H3/t2*26-/m10/s1. The molecule has 4 aromatic heterocycles. The summed E-state index contributed by atoms with van der Waals surface area (Å²) in [5, 5.41) is 17.8. The summed E-state index contributed by atoms with van der Waals surface area (Å²) in [7, 11) is -0.0374. The van der Waals surface area contributed by atoms with Gasteiger partial charge in [-0.25, -0.2) is 44.2 Å². The molecule has 22 nitrogen and oxygen atoms in total. The Balaban J connectivity index is 0.000000256. The van der Waals surface area contributed by atoms with E-state index in [1.807, 2.05) is 0 Å². The highest BCUT2D eigenvalue weighted by Crippen LogP contribution is 2.42. The number of hydrogen-bond acceptors (Lipinski definition) is 18. The number of anilines is 2. The average Bonchev–Trinajstić information content (AvgIpc) is 1.56. The van der Waals surface area contributed by atoms with Crippen molar-refractivity contribution in [1.82, 2.24) is 39.5 Å². The van der Waals surface area contributed by atoms with Gasteiger partial charge < -0.3 is 37.9 Å². The Kier molecular flexibility index (Phi) is 23.8. The largest absolute Gasteiger partial charge is 0.494 e. The molecule has 0 bridgehead atoms. The Morgan fingerprint density at radius 1 is 0.478 bits per heavy atom. The van der Waals surface area contributed by atoms with Crippen molar-refractivity contribution in [2.45, 2.75) is 63.6 Å². The van der Waals surface area contributed by atoms with Crippen molar-refractivity contribution in [3.05, 3.63) is 141 Å². The molecule has 30 heteroatoms. The smallest absolute Gasteiger partial charge is 0.246 e. The molecule has 2 atom stereocenters. The van der Waals surface area contributed by atoms with Gasteiger partial charge in [-0.2, -0.15) is 0 Å². The monoisotopic (exact) mass is 1440 g/mol. The predicted octanol–water partition coefficient (Wildman–Crippen LogP) is 12.2. The molecule has 484 valence electrons. The number of pyridine rings is 2. The van der Waals surface area contributed by atoms with Gasteiger partial charge in [-0.1, -0.05) is 108 Å². The van der Waals surface area contributed by atoms with Gasteiger partial charge in [0.1, 0.15) is 57.4 Å². The Labute approximate surface area is 543 Å². The van der Waals surface area contributed by atoms with Crippen LogP contribution in [0.15, 0.2) is 118 Å². The Bertz CT molecular complexity index is 3710. The lowest BCUT2D eigenvalue weighted by Gasteiger charge is -2.29. The number of nitrogens with zero attached hydrogens (tertiary/aromatic N) is 10. The number of halogens is 4. The second-order valence-corrected chi connectivity index (χ2v) is 39.4. The topological polar surface area (TPSA) is 236 Å². The van der Waals surface area contributed by atoms with Gasteiger partial charge in [0.05, 0.1) is 66.4 Å². The summed E-state index contributed by atoms with van der Waals surface area (Å²) in [5.74, 6) is 0.942. The summed E-state index contributed by atoms with van der Waals surface area (Å²) in [4.78, 5) is 9.11. The SMILES string of the molecule is COc1cccc(-c2nnc(N(CC[Si](C)(C)C)S(=O)(=O)C[C@@H](OC)c3ccc(F)cc3Br)n2-c2c(OC)cccc2OC)n1.COc1cccc(-c2nnc(N(CC[Si](C)(C)C)S(=O)(=O)C[C@H](OC)c3ccc(F)cc3Br)n2-c2c(OC)cccc2OC)n1. The molecular weight excluding hydrogens is 1370 g/mol. The highest BCUT2D eigenvalue weighted by Gasteiger charge is 2.38. The molecule has 0 aliphatic carbocycles. The third kappa shape index (κ3) is 16.9. The third-order valence-electron chi connectivity index (χ3n) is 14.0. The molecule has 0 fully saturated rings. The summed E-state index contributed by atoms with van der Waals surface area (Å²) < 4.78 is 137. The van der Waals surface area contributed by atoms with E-state index in [2.05, 4.69) is 102 Å². The third-order valence-corrected chi connectivity index (χ3v) is 22.3. The number of benzene rings is 4. The lowest BCUT2D eigenvalue weighted by atomic mass is 10.1. The van der Waals surface area contributed by atoms with Crippen LogP contribution >= 0.6 is 31.9 Å². The first-order valence-corrected chi connectivity index (χ1v) is 40.2. The number of ether oxygens (including phenoxy) is 8. The molecule has 0 unspecified atom stereocenters. The van der Waals surface area contributed by atoms with E-state index in [4.69, 9.17) is 37.9 Å². The molecule has 0 amide bonds. The van der Waals surface area contributed by atoms with Crippen molar-refractivity contribution in [1.29, 1.82) is 0 Å². The van der Waals surface area contributed by atoms with Crippen LogP contribution < -0.4 is 37.0 Å². The molecule has 0 radical (unpaired) electrons. The molecular formula is C60H74Br2F2N10O12S2Si2. The minimum absolute atomic E-state index is 0.0173. The first-order chi connectivity index (χ1) is 42.7. The van der Waals surface area contributed by atoms with Crippen LogP contribution in [0, 0.1) is 11.6 Å². The highest BCUT2D eigenvalue weighted by molar-refractivity contribution is 9.10. The van der Waals surface area contributed by atoms with E-state index in [0.29, 0.717) is 89.7 Å². The van der Waals surface area contributed by atoms with Gasteiger partial charge in [0.25, 0.3) is 0 Å². The van der Waals surface area contributed by atoms with Gasteiger partial charge in [0.2, 0.25) is 43.7 Å². The Morgan fingerprint density at radius 2 is 0.811 bits per heavy atom. The molecule has 0 saturated carbocycles. The van der Waals surface area contributed by atoms with Crippen LogP contribution in [0.2, 0.25) is 51.4 Å². The predicted molar refractivity (Wildman–Crippen MR) is 355 cm³/mol. The van der Waals surface area contributed by atoms with E-state index in [1.165, 1.54) is 102 Å². The average molecular weight is 1450 g/mol. The molecule has 0 saturated heterocycles. The molecule has 8 aromatic rings. The van der Waals surface area contributed by atoms with Gasteiger partial charge in [0.15, 0.2) is 11.6 Å². The molecule has 4 heterocycles. The van der Waals surface area contributed by atoms with Gasteiger partial charge >= 0.3 is 0 Å². The van der Waals surface area contributed by atoms with Crippen molar-refractivity contribution in [3.63, 3.8) is 0 Å². The zero-order valence-corrected chi connectivity index (χ0v) is 59.3. The summed E-state index contributed by atoms with van der Waals surface area (Å²) >= 11 is 6.71. The number of hydrogen-bond donors (Lipinski definition) is 0. The van der Waals surface area contributed by atoms with E-state index in [-0.39, 0.29) is 36.6 Å². The van der Waals surface area contributed by atoms with E-state index in [1.54, 1.807) is 81.9 Å². The maximum Gasteiger partial charge on any atom is 0.246 e. The number of para-hydroxylation sites is 2. The summed E-state index contributed by atoms with van der Waals surface area (Å²) in [6.45, 7) is 13.2. The lowest BCUT2D eigenvalue weighted by Crippen LogP contribution is -2.40. The Hall–Kier alpha value is -7.07. The minimum Gasteiger partial charge on any atom is -0.494 e. The Morgan fingerprint density at radius 3 is 1.10 bits per heavy atom. The molecule has 0 spiro atoms. The van der Waals surface area contributed by atoms with Crippen LogP contribution in [0.5, 0.6) is 34.8 Å². The van der Waals surface area contributed by atoms with Gasteiger partial charge in [-0.05, 0) is 83.9 Å². The first kappa shape index (κ1) is 70.4. The van der Waals surface area contributed by atoms with Crippen LogP contribution in [-0.4, -0.2) is 154 Å². The van der Waals surface area contributed by atoms with E-state index in [0.717, 1.165) is 0 Å². The van der Waals surface area contributed by atoms with Crippen molar-refractivity contribution in [3.8, 4) is 69.2 Å². The van der Waals surface area contributed by atoms with E-state index >= 15 is 0 Å². The molecule has 0 aliphatic heterocycles. The summed E-state index contributed by atoms with van der Waals surface area (Å²) in [6, 6.07) is 30.1. The zero-order chi connectivity index (χ0) is 65.9. The van der Waals surface area contributed by atoms with Crippen LogP contribution in [0.25, 0.3) is 34.4 Å². The second-order valence-electron chi connectivity index (χ2n) is 22.6. The summed E-state index contributed by atoms with van der Waals surface area (Å²) in [6.07, 6.45) is -1.84. The lowest BCUT2D eigenvalue weighted by molar-refractivity contribution is 0.121. The number of sulfonamides is 2. The normalized spacial score (nSPS) is 12.6. The number of aromatic nitrogens is 8. The van der Waals surface area contributed by atoms with Crippen LogP contribution in [0.1, 0.15) is 23.3 Å². The molecule has 0 aliphatic rings.